The summed E-state index contributed by atoms with van der Waals surface area (Å²) in [7, 11) is 1.63. The molecule has 180 valence electrons. The highest BCUT2D eigenvalue weighted by Gasteiger charge is 2.44. The van der Waals surface area contributed by atoms with Gasteiger partial charge in [0.15, 0.2) is 11.5 Å². The zero-order valence-electron chi connectivity index (χ0n) is 19.9. The van der Waals surface area contributed by atoms with Crippen LogP contribution < -0.4 is 14.8 Å². The number of aromatic nitrogens is 1. The zero-order valence-corrected chi connectivity index (χ0v) is 19.9. The van der Waals surface area contributed by atoms with Crippen LogP contribution in [0, 0.1) is 11.7 Å². The number of hydrogen-bond donors (Lipinski definition) is 2. The van der Waals surface area contributed by atoms with Gasteiger partial charge in [0.1, 0.15) is 5.82 Å². The van der Waals surface area contributed by atoms with Crippen molar-refractivity contribution in [2.24, 2.45) is 5.92 Å². The molecule has 0 spiro atoms. The van der Waals surface area contributed by atoms with Crippen LogP contribution in [-0.4, -0.2) is 31.2 Å². The number of benzene rings is 3. The summed E-state index contributed by atoms with van der Waals surface area (Å²) >= 11 is 0. The third-order valence-corrected chi connectivity index (χ3v) is 6.79. The minimum atomic E-state index is -0.261. The standard InChI is InChI=1S/C29H29FN2O3/c1-3-35-27-13-10-19(14-28(27)34-2)24(25-17-31-26-7-5-4-6-21(25)26)16-32-29(33)23-15-22(23)18-8-11-20(30)12-9-18/h4-14,17,22-24,31H,3,15-16H2,1-2H3,(H,32,33). The van der Waals surface area contributed by atoms with Crippen molar-refractivity contribution in [2.75, 3.05) is 20.3 Å². The number of amides is 1. The number of halogens is 1. The molecule has 0 radical (unpaired) electrons. The van der Waals surface area contributed by atoms with Gasteiger partial charge in [-0.25, -0.2) is 4.39 Å². The summed E-state index contributed by atoms with van der Waals surface area (Å²) < 4.78 is 24.6. The summed E-state index contributed by atoms with van der Waals surface area (Å²) in [6.45, 7) is 2.94. The quantitative estimate of drug-likeness (QED) is 0.325. The second-order valence-corrected chi connectivity index (χ2v) is 8.93. The van der Waals surface area contributed by atoms with Crippen LogP contribution >= 0.6 is 0 Å². The lowest BCUT2D eigenvalue weighted by atomic mass is 9.90. The van der Waals surface area contributed by atoms with E-state index >= 15 is 0 Å². The molecule has 1 aliphatic carbocycles. The maximum atomic E-state index is 13.3. The number of para-hydroxylation sites is 1. The molecule has 3 unspecified atom stereocenters. The first-order chi connectivity index (χ1) is 17.1. The van der Waals surface area contributed by atoms with Crippen molar-refractivity contribution in [3.63, 3.8) is 0 Å². The molecule has 6 heteroatoms. The van der Waals surface area contributed by atoms with Gasteiger partial charge in [0.2, 0.25) is 5.91 Å². The highest BCUT2D eigenvalue weighted by molar-refractivity contribution is 5.85. The van der Waals surface area contributed by atoms with Gasteiger partial charge in [-0.15, -0.1) is 0 Å². The fourth-order valence-corrected chi connectivity index (χ4v) is 4.86. The van der Waals surface area contributed by atoms with E-state index in [1.54, 1.807) is 19.2 Å². The minimum absolute atomic E-state index is 0.0297. The summed E-state index contributed by atoms with van der Waals surface area (Å²) in [4.78, 5) is 16.4. The van der Waals surface area contributed by atoms with Crippen molar-refractivity contribution in [2.45, 2.75) is 25.2 Å². The number of carbonyl (C=O) groups excluding carboxylic acids is 1. The normalized spacial score (nSPS) is 17.7. The Hall–Kier alpha value is -3.80. The Labute approximate surface area is 204 Å². The molecule has 2 N–H and O–H groups in total. The molecule has 0 aliphatic heterocycles. The van der Waals surface area contributed by atoms with E-state index in [0.717, 1.165) is 34.0 Å². The van der Waals surface area contributed by atoms with Gasteiger partial charge in [0.25, 0.3) is 0 Å². The van der Waals surface area contributed by atoms with Crippen molar-refractivity contribution < 1.29 is 18.7 Å². The molecule has 0 bridgehead atoms. The Bertz CT molecular complexity index is 1330. The van der Waals surface area contributed by atoms with E-state index in [2.05, 4.69) is 16.4 Å². The summed E-state index contributed by atoms with van der Waals surface area (Å²) in [5.41, 5.74) is 4.20. The van der Waals surface area contributed by atoms with E-state index in [-0.39, 0.29) is 29.5 Å². The zero-order chi connectivity index (χ0) is 24.4. The average Bonchev–Trinajstić information content (AvgIpc) is 3.58. The van der Waals surface area contributed by atoms with Gasteiger partial charge in [-0.1, -0.05) is 36.4 Å². The summed E-state index contributed by atoms with van der Waals surface area (Å²) in [6, 6.07) is 20.6. The molecule has 3 aromatic carbocycles. The van der Waals surface area contributed by atoms with Crippen molar-refractivity contribution in [1.29, 1.82) is 0 Å². The van der Waals surface area contributed by atoms with Crippen LogP contribution in [0.5, 0.6) is 11.5 Å². The predicted octanol–water partition coefficient (Wildman–Crippen LogP) is 5.77. The molecular weight excluding hydrogens is 443 g/mol. The van der Waals surface area contributed by atoms with Crippen molar-refractivity contribution in [3.05, 3.63) is 95.4 Å². The second kappa shape index (κ2) is 9.82. The molecule has 1 amide bonds. The van der Waals surface area contributed by atoms with E-state index < -0.39 is 0 Å². The van der Waals surface area contributed by atoms with Crippen LogP contribution in [0.1, 0.15) is 41.9 Å². The maximum absolute atomic E-state index is 13.3. The molecule has 1 saturated carbocycles. The topological polar surface area (TPSA) is 63.3 Å². The summed E-state index contributed by atoms with van der Waals surface area (Å²) in [5.74, 6) is 1.11. The van der Waals surface area contributed by atoms with Crippen molar-refractivity contribution in [3.8, 4) is 11.5 Å². The number of aromatic amines is 1. The van der Waals surface area contributed by atoms with Gasteiger partial charge in [-0.05, 0) is 66.3 Å². The van der Waals surface area contributed by atoms with Gasteiger partial charge in [-0.2, -0.15) is 0 Å². The molecule has 1 fully saturated rings. The SMILES string of the molecule is CCOc1ccc(C(CNC(=O)C2CC2c2ccc(F)cc2)c2c[nH]c3ccccc23)cc1OC. The molecule has 1 aromatic heterocycles. The molecule has 35 heavy (non-hydrogen) atoms. The van der Waals surface area contributed by atoms with Gasteiger partial charge in [0.05, 0.1) is 13.7 Å². The van der Waals surface area contributed by atoms with Crippen molar-refractivity contribution >= 4 is 16.8 Å². The summed E-state index contributed by atoms with van der Waals surface area (Å²) in [6.07, 6.45) is 2.80. The Kier molecular flexibility index (Phi) is 6.45. The number of fused-ring (bicyclic) bond motifs is 1. The first kappa shape index (κ1) is 23.0. The molecular formula is C29H29FN2O3. The van der Waals surface area contributed by atoms with Crippen LogP contribution in [-0.2, 0) is 4.79 Å². The fraction of sp³-hybridized carbons (Fsp3) is 0.276. The number of ether oxygens (including phenoxy) is 2. The molecule has 5 nitrogen and oxygen atoms in total. The maximum Gasteiger partial charge on any atom is 0.223 e. The number of rotatable bonds is 9. The average molecular weight is 473 g/mol. The van der Waals surface area contributed by atoms with Crippen LogP contribution in [0.3, 0.4) is 0 Å². The smallest absolute Gasteiger partial charge is 0.223 e. The van der Waals surface area contributed by atoms with E-state index in [9.17, 15) is 9.18 Å². The first-order valence-corrected chi connectivity index (χ1v) is 12.0. The van der Waals surface area contributed by atoms with Crippen molar-refractivity contribution in [1.82, 2.24) is 10.3 Å². The van der Waals surface area contributed by atoms with Crippen LogP contribution in [0.25, 0.3) is 10.9 Å². The van der Waals surface area contributed by atoms with E-state index in [0.29, 0.717) is 24.7 Å². The van der Waals surface area contributed by atoms with Crippen LogP contribution in [0.4, 0.5) is 4.39 Å². The van der Waals surface area contributed by atoms with E-state index in [4.69, 9.17) is 9.47 Å². The first-order valence-electron chi connectivity index (χ1n) is 12.0. The highest BCUT2D eigenvalue weighted by atomic mass is 19.1. The predicted molar refractivity (Wildman–Crippen MR) is 135 cm³/mol. The molecule has 1 aliphatic rings. The lowest BCUT2D eigenvalue weighted by molar-refractivity contribution is -0.122. The molecule has 4 aromatic rings. The second-order valence-electron chi connectivity index (χ2n) is 8.93. The van der Waals surface area contributed by atoms with Gasteiger partial charge in [0, 0.05) is 35.5 Å². The Balaban J connectivity index is 1.39. The third kappa shape index (κ3) is 4.74. The fourth-order valence-electron chi connectivity index (χ4n) is 4.86. The van der Waals surface area contributed by atoms with Gasteiger partial charge in [-0.3, -0.25) is 4.79 Å². The number of hydrogen-bond acceptors (Lipinski definition) is 3. The highest BCUT2D eigenvalue weighted by Crippen LogP contribution is 2.47. The van der Waals surface area contributed by atoms with Gasteiger partial charge < -0.3 is 19.8 Å². The number of H-pyrrole nitrogens is 1. The molecule has 0 saturated heterocycles. The Morgan fingerprint density at radius 1 is 1.11 bits per heavy atom. The lowest BCUT2D eigenvalue weighted by Gasteiger charge is -2.20. The Morgan fingerprint density at radius 3 is 2.69 bits per heavy atom. The number of carbonyl (C=O) groups is 1. The van der Waals surface area contributed by atoms with E-state index in [1.165, 1.54) is 12.1 Å². The van der Waals surface area contributed by atoms with Crippen LogP contribution in [0.2, 0.25) is 0 Å². The number of nitrogens with one attached hydrogen (secondary N) is 2. The van der Waals surface area contributed by atoms with Crippen LogP contribution in [0.15, 0.2) is 72.9 Å². The third-order valence-electron chi connectivity index (χ3n) is 6.79. The monoisotopic (exact) mass is 472 g/mol. The molecule has 1 heterocycles. The molecule has 5 rings (SSSR count). The molecule has 3 atom stereocenters. The lowest BCUT2D eigenvalue weighted by Crippen LogP contribution is -2.30. The van der Waals surface area contributed by atoms with Gasteiger partial charge >= 0.3 is 0 Å². The number of methoxy groups -OCH3 is 1. The van der Waals surface area contributed by atoms with E-state index in [1.807, 2.05) is 49.5 Å². The summed E-state index contributed by atoms with van der Waals surface area (Å²) in [5, 5.41) is 4.31. The minimum Gasteiger partial charge on any atom is -0.493 e. The Morgan fingerprint density at radius 2 is 1.91 bits per heavy atom. The largest absolute Gasteiger partial charge is 0.493 e.